The van der Waals surface area contributed by atoms with Crippen LogP contribution in [0.3, 0.4) is 0 Å². The Kier molecular flexibility index (Phi) is 4.59. The second-order valence-electron chi connectivity index (χ2n) is 3.37. The third kappa shape index (κ3) is 4.49. The van der Waals surface area contributed by atoms with E-state index in [0.717, 1.165) is 0 Å². The van der Waals surface area contributed by atoms with E-state index in [1.54, 1.807) is 18.2 Å². The molecule has 1 aromatic carbocycles. The Hall–Kier alpha value is -1.47. The monoisotopic (exact) mass is 262 g/mol. The number of carbonyl (C=O) groups excluding carboxylic acids is 1. The lowest BCUT2D eigenvalue weighted by Gasteiger charge is -2.11. The molecule has 0 amide bonds. The quantitative estimate of drug-likeness (QED) is 0.751. The molecule has 0 radical (unpaired) electrons. The molecule has 1 rings (SSSR count). The minimum atomic E-state index is -4.29. The van der Waals surface area contributed by atoms with Gasteiger partial charge in [0, 0.05) is 0 Å². The first-order valence-electron chi connectivity index (χ1n) is 4.73. The van der Waals surface area contributed by atoms with Crippen LogP contribution < -0.4 is 0 Å². The molecule has 1 atom stereocenters. The van der Waals surface area contributed by atoms with Crippen molar-refractivity contribution in [3.8, 4) is 0 Å². The van der Waals surface area contributed by atoms with Gasteiger partial charge in [0.1, 0.15) is 11.9 Å². The van der Waals surface area contributed by atoms with Crippen molar-refractivity contribution in [1.82, 2.24) is 0 Å². The Morgan fingerprint density at radius 1 is 1.35 bits per heavy atom. The first-order valence-corrected chi connectivity index (χ1v) is 6.31. The van der Waals surface area contributed by atoms with Crippen LogP contribution in [-0.4, -0.2) is 26.2 Å². The van der Waals surface area contributed by atoms with Crippen molar-refractivity contribution in [2.24, 2.45) is 0 Å². The molecule has 0 aliphatic carbocycles. The van der Waals surface area contributed by atoms with E-state index in [4.69, 9.17) is 4.74 Å². The van der Waals surface area contributed by atoms with E-state index >= 15 is 0 Å². The number of hydrogen-bond donors (Lipinski definition) is 0. The van der Waals surface area contributed by atoms with E-state index in [1.807, 2.05) is 0 Å². The molecular formula is C10H11FO5S. The maximum Gasteiger partial charge on any atom is 0.338 e. The SMILES string of the molecule is CC(CS(=O)(=O)OF)OC(=O)c1ccccc1. The lowest BCUT2D eigenvalue weighted by molar-refractivity contribution is -0.000185. The van der Waals surface area contributed by atoms with Crippen molar-refractivity contribution >= 4 is 16.1 Å². The van der Waals surface area contributed by atoms with Crippen LogP contribution >= 0.6 is 0 Å². The molecule has 0 aromatic heterocycles. The first kappa shape index (κ1) is 13.6. The van der Waals surface area contributed by atoms with Gasteiger partial charge >= 0.3 is 16.1 Å². The van der Waals surface area contributed by atoms with Crippen molar-refractivity contribution in [3.05, 3.63) is 35.9 Å². The highest BCUT2D eigenvalue weighted by Crippen LogP contribution is 2.06. The van der Waals surface area contributed by atoms with E-state index in [9.17, 15) is 17.7 Å². The highest BCUT2D eigenvalue weighted by molar-refractivity contribution is 7.86. The predicted octanol–water partition coefficient (Wildman–Crippen LogP) is 1.46. The Labute approximate surface area is 98.2 Å². The van der Waals surface area contributed by atoms with Gasteiger partial charge in [-0.3, -0.25) is 0 Å². The van der Waals surface area contributed by atoms with Crippen LogP contribution in [0.25, 0.3) is 0 Å². The third-order valence-corrected chi connectivity index (χ3v) is 2.92. The van der Waals surface area contributed by atoms with Crippen LogP contribution in [0.5, 0.6) is 0 Å². The van der Waals surface area contributed by atoms with Crippen molar-refractivity contribution < 1.29 is 26.9 Å². The molecule has 0 saturated carbocycles. The standard InChI is InChI=1S/C10H11FO5S/c1-8(7-17(13,14)16-11)15-10(12)9-5-3-2-4-6-9/h2-6,8H,7H2,1H3. The van der Waals surface area contributed by atoms with Crippen LogP contribution in [-0.2, 0) is 19.2 Å². The number of carbonyl (C=O) groups is 1. The predicted molar refractivity (Wildman–Crippen MR) is 57.3 cm³/mol. The van der Waals surface area contributed by atoms with Crippen LogP contribution in [0.2, 0.25) is 0 Å². The maximum atomic E-state index is 11.6. The highest BCUT2D eigenvalue weighted by Gasteiger charge is 2.20. The van der Waals surface area contributed by atoms with Crippen LogP contribution in [0.4, 0.5) is 4.53 Å². The molecule has 0 bridgehead atoms. The summed E-state index contributed by atoms with van der Waals surface area (Å²) in [5.41, 5.74) is 0.290. The van der Waals surface area contributed by atoms with Gasteiger partial charge in [-0.2, -0.15) is 8.42 Å². The molecule has 7 heteroatoms. The van der Waals surface area contributed by atoms with Gasteiger partial charge in [0.25, 0.3) is 0 Å². The van der Waals surface area contributed by atoms with Crippen molar-refractivity contribution in [2.45, 2.75) is 13.0 Å². The normalized spacial score (nSPS) is 13.1. The van der Waals surface area contributed by atoms with E-state index < -0.39 is 27.9 Å². The fourth-order valence-electron chi connectivity index (χ4n) is 1.17. The second kappa shape index (κ2) is 5.74. The van der Waals surface area contributed by atoms with Gasteiger partial charge in [-0.1, -0.05) is 22.6 Å². The lowest BCUT2D eigenvalue weighted by Crippen LogP contribution is -2.24. The number of esters is 1. The Morgan fingerprint density at radius 2 is 1.94 bits per heavy atom. The molecule has 0 saturated heterocycles. The van der Waals surface area contributed by atoms with E-state index in [1.165, 1.54) is 19.1 Å². The average molecular weight is 262 g/mol. The maximum absolute atomic E-state index is 11.6. The van der Waals surface area contributed by atoms with Gasteiger partial charge in [-0.15, -0.1) is 0 Å². The molecule has 1 aromatic rings. The molecule has 0 aliphatic heterocycles. The number of ether oxygens (including phenoxy) is 1. The third-order valence-electron chi connectivity index (χ3n) is 1.85. The summed E-state index contributed by atoms with van der Waals surface area (Å²) in [6, 6.07) is 8.05. The van der Waals surface area contributed by atoms with Crippen LogP contribution in [0.15, 0.2) is 30.3 Å². The zero-order valence-corrected chi connectivity index (χ0v) is 9.82. The molecule has 0 fully saturated rings. The molecular weight excluding hydrogens is 251 g/mol. The van der Waals surface area contributed by atoms with Crippen LogP contribution in [0.1, 0.15) is 17.3 Å². The Balaban J connectivity index is 2.59. The summed E-state index contributed by atoms with van der Waals surface area (Å²) in [6.07, 6.45) is -0.997. The zero-order valence-electron chi connectivity index (χ0n) is 9.00. The van der Waals surface area contributed by atoms with Gasteiger partial charge in [-0.05, 0) is 23.6 Å². The van der Waals surface area contributed by atoms with E-state index in [-0.39, 0.29) is 5.56 Å². The largest absolute Gasteiger partial charge is 0.458 e. The molecule has 0 spiro atoms. The van der Waals surface area contributed by atoms with E-state index in [2.05, 4.69) is 4.39 Å². The fourth-order valence-corrected chi connectivity index (χ4v) is 1.87. The topological polar surface area (TPSA) is 69.7 Å². The summed E-state index contributed by atoms with van der Waals surface area (Å²) >= 11 is 0. The summed E-state index contributed by atoms with van der Waals surface area (Å²) in [5.74, 6) is -1.41. The molecule has 94 valence electrons. The summed E-state index contributed by atoms with van der Waals surface area (Å²) in [7, 11) is -4.29. The smallest absolute Gasteiger partial charge is 0.338 e. The van der Waals surface area contributed by atoms with Gasteiger partial charge in [0.15, 0.2) is 0 Å². The summed E-state index contributed by atoms with van der Waals surface area (Å²) in [5, 5.41) is 0. The number of benzene rings is 1. The molecule has 0 aliphatic rings. The Bertz CT molecular complexity index is 471. The zero-order chi connectivity index (χ0) is 12.9. The summed E-state index contributed by atoms with van der Waals surface area (Å²) in [4.78, 5) is 11.5. The van der Waals surface area contributed by atoms with Gasteiger partial charge in [0.05, 0.1) is 5.56 Å². The van der Waals surface area contributed by atoms with Crippen molar-refractivity contribution in [3.63, 3.8) is 0 Å². The number of halogens is 1. The highest BCUT2D eigenvalue weighted by atomic mass is 32.2. The summed E-state index contributed by atoms with van der Waals surface area (Å²) < 4.78 is 40.6. The number of rotatable bonds is 5. The Morgan fingerprint density at radius 3 is 2.47 bits per heavy atom. The molecule has 17 heavy (non-hydrogen) atoms. The lowest BCUT2D eigenvalue weighted by atomic mass is 10.2. The summed E-state index contributed by atoms with van der Waals surface area (Å²) in [6.45, 7) is 1.33. The van der Waals surface area contributed by atoms with E-state index in [0.29, 0.717) is 0 Å². The van der Waals surface area contributed by atoms with Crippen LogP contribution in [0, 0.1) is 0 Å². The van der Waals surface area contributed by atoms with Gasteiger partial charge < -0.3 is 4.74 Å². The minimum Gasteiger partial charge on any atom is -0.458 e. The minimum absolute atomic E-state index is 0.290. The average Bonchev–Trinajstić information content (AvgIpc) is 2.29. The number of hydrogen-bond acceptors (Lipinski definition) is 5. The van der Waals surface area contributed by atoms with Crippen molar-refractivity contribution in [2.75, 3.05) is 5.75 Å². The molecule has 1 unspecified atom stereocenters. The fraction of sp³-hybridized carbons (Fsp3) is 0.300. The second-order valence-corrected chi connectivity index (χ2v) is 4.94. The molecule has 0 N–H and O–H groups in total. The first-order chi connectivity index (χ1) is 7.94. The van der Waals surface area contributed by atoms with Crippen molar-refractivity contribution in [1.29, 1.82) is 0 Å². The molecule has 0 heterocycles. The van der Waals surface area contributed by atoms with Gasteiger partial charge in [0.2, 0.25) is 0 Å². The molecule has 5 nitrogen and oxygen atoms in total. The van der Waals surface area contributed by atoms with Gasteiger partial charge in [-0.25, -0.2) is 4.79 Å².